The number of carbonyl (C=O) groups is 7. The van der Waals surface area contributed by atoms with E-state index in [0.29, 0.717) is 0 Å². The van der Waals surface area contributed by atoms with Crippen molar-refractivity contribution in [2.75, 3.05) is 6.61 Å². The molecule has 0 bridgehead atoms. The van der Waals surface area contributed by atoms with Gasteiger partial charge in [-0.15, -0.1) is 0 Å². The highest BCUT2D eigenvalue weighted by Gasteiger charge is 2.53. The number of hydrogen-bond acceptors (Lipinski definition) is 13. The fourth-order valence-corrected chi connectivity index (χ4v) is 5.10. The highest BCUT2D eigenvalue weighted by molar-refractivity contribution is 6.22. The van der Waals surface area contributed by atoms with Crippen molar-refractivity contribution in [3.05, 3.63) is 0 Å². The van der Waals surface area contributed by atoms with E-state index in [9.17, 15) is 33.6 Å². The van der Waals surface area contributed by atoms with Gasteiger partial charge in [-0.25, -0.2) is 0 Å². The Kier molecular flexibility index (Phi) is 12.3. The summed E-state index contributed by atoms with van der Waals surface area (Å²) in [5.74, 6) is -6.13. The SMILES string of the molecule is CC(=O)OC[C@H]1O[C@@H](N=C(CCCCC(=O)O)C2C(=O)CC(C)(C)CC2=O)[C@H](OC(C)=O)[C@@H](OC(C)=O)[C@@H]1OC(C)=O. The van der Waals surface area contributed by atoms with Crippen molar-refractivity contribution >= 4 is 47.1 Å². The summed E-state index contributed by atoms with van der Waals surface area (Å²) in [6.07, 6.45) is -6.53. The highest BCUT2D eigenvalue weighted by atomic mass is 16.7. The molecule has 234 valence electrons. The molecule has 0 unspecified atom stereocenters. The van der Waals surface area contributed by atoms with E-state index in [1.54, 1.807) is 13.8 Å². The Hall–Kier alpha value is -3.68. The molecule has 5 atom stereocenters. The second kappa shape index (κ2) is 15.0. The van der Waals surface area contributed by atoms with Crippen molar-refractivity contribution in [2.24, 2.45) is 16.3 Å². The van der Waals surface area contributed by atoms with Gasteiger partial charge >= 0.3 is 29.8 Å². The van der Waals surface area contributed by atoms with Crippen LogP contribution in [0.4, 0.5) is 0 Å². The number of esters is 4. The van der Waals surface area contributed by atoms with Gasteiger partial charge in [-0.05, 0) is 24.7 Å². The van der Waals surface area contributed by atoms with Gasteiger partial charge < -0.3 is 28.8 Å². The number of ether oxygens (including phenoxy) is 5. The van der Waals surface area contributed by atoms with Gasteiger partial charge in [-0.1, -0.05) is 13.8 Å². The molecule has 0 radical (unpaired) electrons. The number of aliphatic imine (C=N–C) groups is 1. The van der Waals surface area contributed by atoms with Crippen LogP contribution in [0, 0.1) is 11.3 Å². The molecule has 1 N–H and O–H groups in total. The Morgan fingerprint density at radius 3 is 1.81 bits per heavy atom. The van der Waals surface area contributed by atoms with Crippen LogP contribution < -0.4 is 0 Å². The fraction of sp³-hybridized carbons (Fsp3) is 0.714. The molecule has 1 aliphatic carbocycles. The second-order valence-corrected chi connectivity index (χ2v) is 11.2. The lowest BCUT2D eigenvalue weighted by Crippen LogP contribution is -2.62. The van der Waals surface area contributed by atoms with Gasteiger partial charge in [0.15, 0.2) is 24.5 Å². The average Bonchev–Trinajstić information content (AvgIpc) is 2.81. The third kappa shape index (κ3) is 10.3. The third-order valence-electron chi connectivity index (χ3n) is 6.62. The van der Waals surface area contributed by atoms with Crippen molar-refractivity contribution in [2.45, 2.75) is 111 Å². The lowest BCUT2D eigenvalue weighted by molar-refractivity contribution is -0.251. The van der Waals surface area contributed by atoms with Gasteiger partial charge in [0.25, 0.3) is 0 Å². The van der Waals surface area contributed by atoms with Crippen LogP contribution in [-0.4, -0.2) is 89.5 Å². The van der Waals surface area contributed by atoms with Gasteiger partial charge in [0.05, 0.1) is 0 Å². The largest absolute Gasteiger partial charge is 0.481 e. The van der Waals surface area contributed by atoms with Crippen LogP contribution >= 0.6 is 0 Å². The second-order valence-electron chi connectivity index (χ2n) is 11.2. The zero-order valence-corrected chi connectivity index (χ0v) is 24.7. The van der Waals surface area contributed by atoms with Gasteiger partial charge in [0.2, 0.25) is 0 Å². The molecule has 1 aliphatic heterocycles. The Morgan fingerprint density at radius 2 is 1.31 bits per heavy atom. The van der Waals surface area contributed by atoms with Crippen molar-refractivity contribution < 1.29 is 62.4 Å². The number of unbranched alkanes of at least 4 members (excludes halogenated alkanes) is 1. The lowest BCUT2D eigenvalue weighted by Gasteiger charge is -2.43. The smallest absolute Gasteiger partial charge is 0.303 e. The highest BCUT2D eigenvalue weighted by Crippen LogP contribution is 2.36. The molecule has 2 aliphatic rings. The summed E-state index contributed by atoms with van der Waals surface area (Å²) in [4.78, 5) is 89.8. The summed E-state index contributed by atoms with van der Waals surface area (Å²) in [6.45, 7) is 7.52. The zero-order chi connectivity index (χ0) is 31.8. The lowest BCUT2D eigenvalue weighted by atomic mass is 9.69. The molecule has 14 heteroatoms. The Bertz CT molecular complexity index is 1090. The monoisotopic (exact) mass is 597 g/mol. The predicted octanol–water partition coefficient (Wildman–Crippen LogP) is 1.73. The average molecular weight is 598 g/mol. The van der Waals surface area contributed by atoms with Crippen LogP contribution in [0.2, 0.25) is 0 Å². The van der Waals surface area contributed by atoms with E-state index >= 15 is 0 Å². The summed E-state index contributed by atoms with van der Waals surface area (Å²) >= 11 is 0. The third-order valence-corrected chi connectivity index (χ3v) is 6.62. The molecular formula is C28H39NO13. The van der Waals surface area contributed by atoms with Crippen LogP contribution in [0.1, 0.15) is 80.1 Å². The minimum atomic E-state index is -1.50. The van der Waals surface area contributed by atoms with Crippen molar-refractivity contribution in [1.29, 1.82) is 0 Å². The summed E-state index contributed by atoms with van der Waals surface area (Å²) in [5, 5.41) is 9.04. The predicted molar refractivity (Wildman–Crippen MR) is 142 cm³/mol. The summed E-state index contributed by atoms with van der Waals surface area (Å²) in [6, 6.07) is 0. The van der Waals surface area contributed by atoms with Crippen molar-refractivity contribution in [3.63, 3.8) is 0 Å². The molecule has 2 fully saturated rings. The van der Waals surface area contributed by atoms with Crippen molar-refractivity contribution in [3.8, 4) is 0 Å². The normalized spacial score (nSPS) is 26.2. The fourth-order valence-electron chi connectivity index (χ4n) is 5.10. The van der Waals surface area contributed by atoms with Gasteiger partial charge in [0, 0.05) is 52.7 Å². The summed E-state index contributed by atoms with van der Waals surface area (Å²) in [5.41, 5.74) is -0.472. The number of ketones is 2. The number of nitrogens with zero attached hydrogens (tertiary/aromatic N) is 1. The van der Waals surface area contributed by atoms with E-state index < -0.39 is 78.4 Å². The van der Waals surface area contributed by atoms with Crippen molar-refractivity contribution in [1.82, 2.24) is 0 Å². The Labute approximate surface area is 243 Å². The first-order chi connectivity index (χ1) is 19.5. The molecule has 0 aromatic rings. The summed E-state index contributed by atoms with van der Waals surface area (Å²) in [7, 11) is 0. The van der Waals surface area contributed by atoms with E-state index in [2.05, 4.69) is 4.99 Å². The zero-order valence-electron chi connectivity index (χ0n) is 24.7. The van der Waals surface area contributed by atoms with Crippen LogP contribution in [0.5, 0.6) is 0 Å². The van der Waals surface area contributed by atoms with Gasteiger partial charge in [-0.3, -0.25) is 38.6 Å². The maximum atomic E-state index is 13.2. The number of carbonyl (C=O) groups excluding carboxylic acids is 6. The topological polar surface area (TPSA) is 198 Å². The molecule has 0 aromatic heterocycles. The molecule has 0 amide bonds. The van der Waals surface area contributed by atoms with E-state index in [1.165, 1.54) is 0 Å². The van der Waals surface area contributed by atoms with Crippen LogP contribution in [0.15, 0.2) is 4.99 Å². The van der Waals surface area contributed by atoms with Gasteiger partial charge in [0.1, 0.15) is 30.2 Å². The molecule has 1 heterocycles. The summed E-state index contributed by atoms with van der Waals surface area (Å²) < 4.78 is 27.3. The van der Waals surface area contributed by atoms with Crippen LogP contribution in [0.25, 0.3) is 0 Å². The number of Topliss-reactive ketones (excluding diaryl/α,β-unsaturated/α-hetero) is 2. The molecule has 1 saturated carbocycles. The Morgan fingerprint density at radius 1 is 0.810 bits per heavy atom. The minimum Gasteiger partial charge on any atom is -0.481 e. The number of carboxylic acids is 1. The number of rotatable bonds is 12. The maximum Gasteiger partial charge on any atom is 0.303 e. The molecule has 0 spiro atoms. The standard InChI is InChI=1S/C28H39NO13/c1-14(30)38-13-21-24(39-15(2)31)25(40-16(3)32)26(41-17(4)33)27(42-21)29-18(9-7-8-10-22(36)37)23-19(34)11-28(5,6)12-20(23)35/h21,23-27H,7-13H2,1-6H3,(H,36,37)/t21-,24-,25+,26-,27-/m1/s1. The first-order valence-corrected chi connectivity index (χ1v) is 13.6. The van der Waals surface area contributed by atoms with Crippen LogP contribution in [-0.2, 0) is 57.2 Å². The maximum absolute atomic E-state index is 13.2. The Balaban J connectivity index is 2.63. The first kappa shape index (κ1) is 34.5. The quantitative estimate of drug-likeness (QED) is 0.112. The molecule has 1 saturated heterocycles. The van der Waals surface area contributed by atoms with E-state index in [0.717, 1.165) is 27.7 Å². The molecule has 42 heavy (non-hydrogen) atoms. The minimum absolute atomic E-state index is 0.0444. The molecular weight excluding hydrogens is 558 g/mol. The number of hydrogen-bond donors (Lipinski definition) is 1. The van der Waals surface area contributed by atoms with E-state index in [-0.39, 0.29) is 55.8 Å². The van der Waals surface area contributed by atoms with E-state index in [1.807, 2.05) is 0 Å². The molecule has 14 nitrogen and oxygen atoms in total. The van der Waals surface area contributed by atoms with Crippen LogP contribution in [0.3, 0.4) is 0 Å². The first-order valence-electron chi connectivity index (χ1n) is 13.6. The molecule has 2 rings (SSSR count). The number of carboxylic acid groups (broad SMARTS) is 1. The number of aliphatic carboxylic acids is 1. The van der Waals surface area contributed by atoms with Gasteiger partial charge in [-0.2, -0.15) is 0 Å². The molecule has 0 aromatic carbocycles. The van der Waals surface area contributed by atoms with E-state index in [4.69, 9.17) is 28.8 Å².